The smallest absolute Gasteiger partial charge is 0.271 e. The van der Waals surface area contributed by atoms with Crippen molar-refractivity contribution in [3.8, 4) is 11.3 Å². The van der Waals surface area contributed by atoms with Crippen LogP contribution in [-0.4, -0.2) is 54.3 Å². The van der Waals surface area contributed by atoms with Gasteiger partial charge in [-0.2, -0.15) is 5.10 Å². The summed E-state index contributed by atoms with van der Waals surface area (Å²) in [5.74, 6) is 0.517. The fourth-order valence-electron chi connectivity index (χ4n) is 3.06. The maximum atomic E-state index is 12.3. The van der Waals surface area contributed by atoms with Gasteiger partial charge in [0.2, 0.25) is 5.95 Å². The molecule has 3 aromatic rings. The first-order chi connectivity index (χ1) is 12.6. The van der Waals surface area contributed by atoms with Crippen LogP contribution in [-0.2, 0) is 14.1 Å². The lowest BCUT2D eigenvalue weighted by Gasteiger charge is -2.17. The maximum absolute atomic E-state index is 12.3. The minimum Gasteiger partial charge on any atom is -0.346 e. The van der Waals surface area contributed by atoms with Crippen LogP contribution in [0.15, 0.2) is 37.2 Å². The number of amides is 1. The van der Waals surface area contributed by atoms with Crippen molar-refractivity contribution in [3.05, 3.63) is 42.9 Å². The highest BCUT2D eigenvalue weighted by molar-refractivity contribution is 5.92. The van der Waals surface area contributed by atoms with Crippen molar-refractivity contribution in [3.63, 3.8) is 0 Å². The van der Waals surface area contributed by atoms with Crippen LogP contribution >= 0.6 is 0 Å². The van der Waals surface area contributed by atoms with E-state index >= 15 is 0 Å². The van der Waals surface area contributed by atoms with Gasteiger partial charge in [-0.25, -0.2) is 15.0 Å². The monoisotopic (exact) mass is 352 g/mol. The Hall–Kier alpha value is -3.23. The predicted molar refractivity (Wildman–Crippen MR) is 95.5 cm³/mol. The van der Waals surface area contributed by atoms with Gasteiger partial charge < -0.3 is 14.8 Å². The van der Waals surface area contributed by atoms with Gasteiger partial charge >= 0.3 is 0 Å². The van der Waals surface area contributed by atoms with Gasteiger partial charge in [0.1, 0.15) is 5.69 Å². The van der Waals surface area contributed by atoms with Gasteiger partial charge in [0, 0.05) is 57.4 Å². The molecular formula is C17H20N8O. The SMILES string of the molecule is Cn1cnc(C(=O)NC2CCN(c3nccc(-c4cnn(C)c4)n3)C2)c1. The van der Waals surface area contributed by atoms with Gasteiger partial charge in [-0.15, -0.1) is 0 Å². The van der Waals surface area contributed by atoms with Crippen molar-refractivity contribution in [2.45, 2.75) is 12.5 Å². The fourth-order valence-corrected chi connectivity index (χ4v) is 3.06. The van der Waals surface area contributed by atoms with E-state index in [9.17, 15) is 4.79 Å². The zero-order valence-corrected chi connectivity index (χ0v) is 14.7. The Labute approximate surface area is 150 Å². The van der Waals surface area contributed by atoms with Gasteiger partial charge in [-0.1, -0.05) is 0 Å². The van der Waals surface area contributed by atoms with E-state index in [0.29, 0.717) is 18.2 Å². The summed E-state index contributed by atoms with van der Waals surface area (Å²) >= 11 is 0. The number of carbonyl (C=O) groups excluding carboxylic acids is 1. The summed E-state index contributed by atoms with van der Waals surface area (Å²) in [7, 11) is 3.72. The van der Waals surface area contributed by atoms with Gasteiger partial charge in [0.25, 0.3) is 5.91 Å². The van der Waals surface area contributed by atoms with Crippen molar-refractivity contribution in [1.29, 1.82) is 0 Å². The number of nitrogens with zero attached hydrogens (tertiary/aromatic N) is 7. The second kappa shape index (κ2) is 6.58. The topological polar surface area (TPSA) is 93.8 Å². The zero-order chi connectivity index (χ0) is 18.1. The molecular weight excluding hydrogens is 332 g/mol. The van der Waals surface area contributed by atoms with E-state index in [1.54, 1.807) is 34.2 Å². The molecule has 9 nitrogen and oxygen atoms in total. The van der Waals surface area contributed by atoms with Crippen LogP contribution in [0.5, 0.6) is 0 Å². The third-order valence-electron chi connectivity index (χ3n) is 4.39. The largest absolute Gasteiger partial charge is 0.346 e. The summed E-state index contributed by atoms with van der Waals surface area (Å²) in [6.07, 6.45) is 9.64. The van der Waals surface area contributed by atoms with Crippen LogP contribution in [0.1, 0.15) is 16.9 Å². The average molecular weight is 352 g/mol. The van der Waals surface area contributed by atoms with Crippen molar-refractivity contribution in [2.24, 2.45) is 14.1 Å². The molecule has 0 bridgehead atoms. The molecule has 3 aromatic heterocycles. The number of imidazole rings is 1. The van der Waals surface area contributed by atoms with Gasteiger partial charge in [-0.05, 0) is 12.5 Å². The second-order valence-corrected chi connectivity index (χ2v) is 6.47. The summed E-state index contributed by atoms with van der Waals surface area (Å²) in [5, 5.41) is 7.22. The summed E-state index contributed by atoms with van der Waals surface area (Å²) in [6.45, 7) is 1.47. The van der Waals surface area contributed by atoms with Crippen LogP contribution < -0.4 is 10.2 Å². The highest BCUT2D eigenvalue weighted by Crippen LogP contribution is 2.21. The van der Waals surface area contributed by atoms with E-state index in [0.717, 1.165) is 24.2 Å². The number of carbonyl (C=O) groups is 1. The maximum Gasteiger partial charge on any atom is 0.271 e. The summed E-state index contributed by atoms with van der Waals surface area (Å²) in [4.78, 5) is 27.5. The van der Waals surface area contributed by atoms with Crippen molar-refractivity contribution in [1.82, 2.24) is 34.6 Å². The molecule has 0 radical (unpaired) electrons. The molecule has 1 N–H and O–H groups in total. The molecule has 134 valence electrons. The fraction of sp³-hybridized carbons (Fsp3) is 0.353. The number of nitrogens with one attached hydrogen (secondary N) is 1. The zero-order valence-electron chi connectivity index (χ0n) is 14.7. The Balaban J connectivity index is 1.43. The molecule has 1 aliphatic rings. The Morgan fingerprint density at radius 3 is 2.88 bits per heavy atom. The molecule has 1 fully saturated rings. The van der Waals surface area contributed by atoms with Crippen LogP contribution in [0.4, 0.5) is 5.95 Å². The lowest BCUT2D eigenvalue weighted by atomic mass is 10.2. The quantitative estimate of drug-likeness (QED) is 0.740. The van der Waals surface area contributed by atoms with Crippen molar-refractivity contribution in [2.75, 3.05) is 18.0 Å². The molecule has 26 heavy (non-hydrogen) atoms. The van der Waals surface area contributed by atoms with E-state index in [2.05, 4.69) is 30.3 Å². The first kappa shape index (κ1) is 16.2. The number of aryl methyl sites for hydroxylation is 2. The Morgan fingerprint density at radius 2 is 2.15 bits per heavy atom. The third kappa shape index (κ3) is 3.28. The molecule has 1 atom stereocenters. The van der Waals surface area contributed by atoms with E-state index in [4.69, 9.17) is 0 Å². The molecule has 1 unspecified atom stereocenters. The Bertz CT molecular complexity index is 930. The van der Waals surface area contributed by atoms with Gasteiger partial charge in [0.05, 0.1) is 18.2 Å². The molecule has 0 spiro atoms. The molecule has 0 saturated carbocycles. The third-order valence-corrected chi connectivity index (χ3v) is 4.39. The highest BCUT2D eigenvalue weighted by Gasteiger charge is 2.26. The van der Waals surface area contributed by atoms with E-state index in [-0.39, 0.29) is 11.9 Å². The van der Waals surface area contributed by atoms with Crippen LogP contribution in [0.2, 0.25) is 0 Å². The van der Waals surface area contributed by atoms with Crippen molar-refractivity contribution >= 4 is 11.9 Å². The molecule has 0 aliphatic carbocycles. The standard InChI is InChI=1S/C17H20N8O/c1-23-10-15(19-11-23)16(26)21-13-4-6-25(9-13)17-18-5-3-14(22-17)12-7-20-24(2)8-12/h3,5,7-8,10-11,13H,4,6,9H2,1-2H3,(H,21,26). The molecule has 4 rings (SSSR count). The Morgan fingerprint density at radius 1 is 1.27 bits per heavy atom. The summed E-state index contributed by atoms with van der Waals surface area (Å²) in [5.41, 5.74) is 2.22. The van der Waals surface area contributed by atoms with Crippen LogP contribution in [0.25, 0.3) is 11.3 Å². The van der Waals surface area contributed by atoms with Gasteiger partial charge in [-0.3, -0.25) is 9.48 Å². The predicted octanol–water partition coefficient (Wildman–Crippen LogP) is 0.619. The summed E-state index contributed by atoms with van der Waals surface area (Å²) in [6, 6.07) is 1.92. The first-order valence-electron chi connectivity index (χ1n) is 8.44. The minimum absolute atomic E-state index is 0.0511. The Kier molecular flexibility index (Phi) is 4.11. The molecule has 1 amide bonds. The molecule has 9 heteroatoms. The van der Waals surface area contributed by atoms with E-state index in [1.165, 1.54) is 0 Å². The number of anilines is 1. The van der Waals surface area contributed by atoms with Crippen LogP contribution in [0.3, 0.4) is 0 Å². The van der Waals surface area contributed by atoms with E-state index in [1.807, 2.05) is 26.4 Å². The van der Waals surface area contributed by atoms with Crippen LogP contribution in [0, 0.1) is 0 Å². The van der Waals surface area contributed by atoms with Gasteiger partial charge in [0.15, 0.2) is 0 Å². The number of rotatable bonds is 4. The molecule has 1 saturated heterocycles. The first-order valence-corrected chi connectivity index (χ1v) is 8.44. The lowest BCUT2D eigenvalue weighted by molar-refractivity contribution is 0.0935. The van der Waals surface area contributed by atoms with E-state index < -0.39 is 0 Å². The minimum atomic E-state index is -0.150. The molecule has 1 aliphatic heterocycles. The highest BCUT2D eigenvalue weighted by atomic mass is 16.2. The normalized spacial score (nSPS) is 16.8. The lowest BCUT2D eigenvalue weighted by Crippen LogP contribution is -2.37. The average Bonchev–Trinajstić information content (AvgIpc) is 3.36. The number of aromatic nitrogens is 6. The summed E-state index contributed by atoms with van der Waals surface area (Å²) < 4.78 is 3.50. The number of hydrogen-bond acceptors (Lipinski definition) is 6. The second-order valence-electron chi connectivity index (χ2n) is 6.47. The van der Waals surface area contributed by atoms with Crippen molar-refractivity contribution < 1.29 is 4.79 Å². The molecule has 4 heterocycles. The number of hydrogen-bond donors (Lipinski definition) is 1. The molecule has 0 aromatic carbocycles.